The summed E-state index contributed by atoms with van der Waals surface area (Å²) in [6.07, 6.45) is -4.75. The summed E-state index contributed by atoms with van der Waals surface area (Å²) in [5.41, 5.74) is 12.4. The Labute approximate surface area is 555 Å². The Hall–Kier alpha value is -7.58. The molecule has 2 aromatic rings. The van der Waals surface area contributed by atoms with Gasteiger partial charge in [-0.05, 0) is 23.6 Å². The number of methoxy groups -OCH3 is 1. The van der Waals surface area contributed by atoms with Crippen LogP contribution in [0.15, 0.2) is 17.2 Å². The van der Waals surface area contributed by atoms with Crippen molar-refractivity contribution in [2.75, 3.05) is 104 Å². The number of aliphatic hydroxyl groups excluding tert-OH is 3. The van der Waals surface area contributed by atoms with Crippen molar-refractivity contribution in [3.05, 3.63) is 23.3 Å². The second kappa shape index (κ2) is 41.4. The maximum absolute atomic E-state index is 15.3. The predicted molar refractivity (Wildman–Crippen MR) is 341 cm³/mol. The number of amides is 11. The van der Waals surface area contributed by atoms with Crippen molar-refractivity contribution in [1.29, 1.82) is 0 Å². The number of aromatic amines is 1. The van der Waals surface area contributed by atoms with Gasteiger partial charge in [-0.25, -0.2) is 0 Å². The summed E-state index contributed by atoms with van der Waals surface area (Å²) >= 11 is 1.35. The molecule has 1 aromatic heterocycles. The first-order valence-corrected chi connectivity index (χ1v) is 33.6. The largest absolute Gasteiger partial charge is 0.496 e. The van der Waals surface area contributed by atoms with E-state index in [0.717, 1.165) is 4.90 Å². The lowest BCUT2D eigenvalue weighted by Crippen LogP contribution is -2.61. The minimum atomic E-state index is -2.49. The average Bonchev–Trinajstić information content (AvgIpc) is 1.63. The Morgan fingerprint density at radius 3 is 2.05 bits per heavy atom. The first kappa shape index (κ1) is 79.9. The average molecular weight is 1390 g/mol. The number of primary amides is 2. The third-order valence-electron chi connectivity index (χ3n) is 15.5. The number of carboxylic acids is 1. The molecule has 4 rings (SSSR count). The zero-order valence-electron chi connectivity index (χ0n) is 54.0. The number of carboxylic acid groups (broad SMARTS) is 1. The van der Waals surface area contributed by atoms with Crippen molar-refractivity contribution in [2.24, 2.45) is 23.3 Å². The molecule has 95 heavy (non-hydrogen) atoms. The number of hydrogen-bond acceptors (Lipinski definition) is 22. The van der Waals surface area contributed by atoms with E-state index >= 15 is 4.21 Å². The molecule has 0 aliphatic carbocycles. The number of rotatable bonds is 38. The molecule has 36 heteroatoms. The van der Waals surface area contributed by atoms with Gasteiger partial charge < -0.3 is 108 Å². The normalized spacial score (nSPS) is 20.8. The van der Waals surface area contributed by atoms with Gasteiger partial charge in [0.05, 0.1) is 120 Å². The number of carbonyl (C=O) groups is 12. The smallest absolute Gasteiger partial charge is 0.303 e. The minimum Gasteiger partial charge on any atom is -0.496 e. The van der Waals surface area contributed by atoms with Gasteiger partial charge in [0, 0.05) is 80.1 Å². The lowest BCUT2D eigenvalue weighted by molar-refractivity contribution is -0.144. The monoisotopic (exact) mass is 1380 g/mol. The molecule has 3 heterocycles. The number of nitrogens with one attached hydrogen (secondary N) is 9. The summed E-state index contributed by atoms with van der Waals surface area (Å²) in [7, 11) is -1.09. The lowest BCUT2D eigenvalue weighted by Gasteiger charge is -2.32. The number of ether oxygens (including phenoxy) is 5. The van der Waals surface area contributed by atoms with Crippen LogP contribution in [0.3, 0.4) is 0 Å². The standard InChI is InChI=1S/C59H92N12O22S2/c1-6-32(3)50(68-45(76)7-2)56(85)64-27-48(79)65-40-31-95(88)58-36(25-38(53(61)82)66-57(86)51(33(4)42(74)29-72)69-55(84)41-24-34(73)28-71(41)59(87)39(26-44(60)75)67-54(40)83)35-8-9-43(89-5)37(52(35)70-58)30-94-23-14-63-47(78)12-15-90-17-19-92-21-22-93-20-18-91-16-13-62-46(77)10-11-49(80)81/h8-9,32-34,38-42,50-51,70,72-74H,6-7,10-31H2,1-5H3,(H2,60,75)(H2,61,82)(H,62,77)(H,63,78)(H,64,85)(H,65,79)(H,66,86)(H,67,83)(H,68,76)(H,69,84)(H,80,81)/t32-,33-,34+,38-,39-,40-,41-,42-,50-,51-,95?/m0/s1. The van der Waals surface area contributed by atoms with Gasteiger partial charge in [0.1, 0.15) is 47.0 Å². The molecule has 0 spiro atoms. The molecule has 34 nitrogen and oxygen atoms in total. The molecular formula is C59H92N12O22S2. The summed E-state index contributed by atoms with van der Waals surface area (Å²) in [5.74, 6) is -12.5. The van der Waals surface area contributed by atoms with E-state index in [-0.39, 0.29) is 125 Å². The van der Waals surface area contributed by atoms with Crippen LogP contribution in [-0.4, -0.2) is 258 Å². The maximum atomic E-state index is 15.3. The van der Waals surface area contributed by atoms with Crippen molar-refractivity contribution < 1.29 is 106 Å². The van der Waals surface area contributed by atoms with E-state index in [2.05, 4.69) is 47.5 Å². The van der Waals surface area contributed by atoms with Gasteiger partial charge in [0.25, 0.3) is 0 Å². The highest BCUT2D eigenvalue weighted by Crippen LogP contribution is 2.36. The number of nitrogens with zero attached hydrogens (tertiary/aromatic N) is 1. The third-order valence-corrected chi connectivity index (χ3v) is 17.9. The molecule has 0 bridgehead atoms. The van der Waals surface area contributed by atoms with Crippen LogP contribution in [0.2, 0.25) is 0 Å². The molecule has 1 unspecified atom stereocenters. The molecule has 2 aliphatic heterocycles. The van der Waals surface area contributed by atoms with E-state index in [0.29, 0.717) is 28.9 Å². The highest BCUT2D eigenvalue weighted by Gasteiger charge is 2.45. The fraction of sp³-hybridized carbons (Fsp3) is 0.661. The molecule has 2 aliphatic rings. The van der Waals surface area contributed by atoms with Gasteiger partial charge in [0.15, 0.2) is 0 Å². The van der Waals surface area contributed by atoms with Crippen LogP contribution in [0.25, 0.3) is 10.9 Å². The van der Waals surface area contributed by atoms with Gasteiger partial charge in [-0.2, -0.15) is 11.8 Å². The summed E-state index contributed by atoms with van der Waals surface area (Å²) < 4.78 is 42.8. The van der Waals surface area contributed by atoms with Gasteiger partial charge in [-0.1, -0.05) is 34.1 Å². The van der Waals surface area contributed by atoms with Crippen molar-refractivity contribution in [1.82, 2.24) is 52.4 Å². The zero-order chi connectivity index (χ0) is 70.3. The highest BCUT2D eigenvalue weighted by atomic mass is 32.2. The summed E-state index contributed by atoms with van der Waals surface area (Å²) in [4.78, 5) is 163. The minimum absolute atomic E-state index is 0.0432. The second-order valence-electron chi connectivity index (χ2n) is 22.5. The van der Waals surface area contributed by atoms with E-state index < -0.39 is 175 Å². The summed E-state index contributed by atoms with van der Waals surface area (Å²) in [6, 6.07) is -6.84. The van der Waals surface area contributed by atoms with E-state index in [1.807, 2.05) is 0 Å². The molecule has 11 amide bonds. The van der Waals surface area contributed by atoms with Crippen LogP contribution >= 0.6 is 11.8 Å². The Bertz CT molecular complexity index is 2990. The molecule has 0 saturated carbocycles. The number of thioether (sulfide) groups is 1. The number of aromatic nitrogens is 1. The van der Waals surface area contributed by atoms with Crippen LogP contribution in [0, 0.1) is 11.8 Å². The fourth-order valence-corrected chi connectivity index (χ4v) is 12.2. The first-order chi connectivity index (χ1) is 45.2. The summed E-state index contributed by atoms with van der Waals surface area (Å²) in [6.45, 7) is 6.51. The van der Waals surface area contributed by atoms with Gasteiger partial charge in [-0.3, -0.25) is 61.7 Å². The van der Waals surface area contributed by atoms with Crippen molar-refractivity contribution >= 4 is 104 Å². The number of fused-ring (bicyclic) bond motifs is 4. The molecule has 0 radical (unpaired) electrons. The van der Waals surface area contributed by atoms with Crippen molar-refractivity contribution in [2.45, 2.75) is 138 Å². The molecule has 11 atom stereocenters. The number of H-pyrrole nitrogens is 1. The first-order valence-electron chi connectivity index (χ1n) is 31.1. The van der Waals surface area contributed by atoms with Gasteiger partial charge >= 0.3 is 5.97 Å². The number of aliphatic carboxylic acids is 1. The molecule has 1 aromatic carbocycles. The maximum Gasteiger partial charge on any atom is 0.303 e. The van der Waals surface area contributed by atoms with E-state index in [4.69, 9.17) is 40.3 Å². The molecule has 532 valence electrons. The van der Waals surface area contributed by atoms with Gasteiger partial charge in [0.2, 0.25) is 65.0 Å². The van der Waals surface area contributed by atoms with Crippen LogP contribution in [-0.2, 0) is 99.5 Å². The predicted octanol–water partition coefficient (Wildman–Crippen LogP) is -5.06. The summed E-state index contributed by atoms with van der Waals surface area (Å²) in [5, 5.41) is 60.7. The fourth-order valence-electron chi connectivity index (χ4n) is 9.95. The number of aliphatic hydroxyl groups is 3. The Balaban J connectivity index is 1.59. The number of benzene rings is 1. The molecular weight excluding hydrogens is 1290 g/mol. The quantitative estimate of drug-likeness (QED) is 0.0280. The number of carbonyl (C=O) groups excluding carboxylic acids is 11. The number of hydrogen-bond donors (Lipinski definition) is 15. The van der Waals surface area contributed by atoms with Crippen LogP contribution in [0.1, 0.15) is 83.8 Å². The van der Waals surface area contributed by atoms with Crippen molar-refractivity contribution in [3.63, 3.8) is 0 Å². The van der Waals surface area contributed by atoms with Crippen LogP contribution in [0.4, 0.5) is 0 Å². The molecule has 1 saturated heterocycles. The highest BCUT2D eigenvalue weighted by molar-refractivity contribution is 7.98. The Morgan fingerprint density at radius 1 is 0.800 bits per heavy atom. The van der Waals surface area contributed by atoms with E-state index in [1.165, 1.54) is 25.8 Å². The van der Waals surface area contributed by atoms with E-state index in [1.54, 1.807) is 32.9 Å². The molecule has 1 fully saturated rings. The Morgan fingerprint density at radius 2 is 1.44 bits per heavy atom. The topological polar surface area (TPSA) is 516 Å². The Kier molecular flexibility index (Phi) is 34.8. The van der Waals surface area contributed by atoms with E-state index in [9.17, 15) is 72.9 Å². The zero-order valence-corrected chi connectivity index (χ0v) is 55.6. The SMILES string of the molecule is CCC(=O)N[C@H](C(=O)NCC(=O)N[C@H]1CS(=O)c2[nH]c3c(CSCCNC(=O)CCOCCOCCOCCOCCNC(=O)CCC(=O)O)c(OC)ccc3c2C[C@@H](C(N)=O)NC(=O)[C@H]([C@@H](C)[C@@H](O)CO)NC(=O)[C@@H]2C[C@@H](O)CN2C(=O)[C@H](CC(N)=O)NC1=O)[C@@H](C)CC. The third kappa shape index (κ3) is 26.2. The van der Waals surface area contributed by atoms with Crippen LogP contribution < -0.4 is 58.7 Å². The van der Waals surface area contributed by atoms with Crippen LogP contribution in [0.5, 0.6) is 5.75 Å². The number of nitrogens with two attached hydrogens (primary N) is 2. The van der Waals surface area contributed by atoms with Gasteiger partial charge in [-0.15, -0.1) is 0 Å². The molecule has 17 N–H and O–H groups in total. The lowest BCUT2D eigenvalue weighted by atomic mass is 9.93. The second-order valence-corrected chi connectivity index (χ2v) is 25.0. The van der Waals surface area contributed by atoms with Crippen molar-refractivity contribution in [3.8, 4) is 5.75 Å².